The van der Waals surface area contributed by atoms with Crippen LogP contribution in [0.15, 0.2) is 29.8 Å². The zero-order valence-corrected chi connectivity index (χ0v) is 14.4. The summed E-state index contributed by atoms with van der Waals surface area (Å²) in [5, 5.41) is 0. The molecule has 0 N–H and O–H groups in total. The van der Waals surface area contributed by atoms with Crippen molar-refractivity contribution < 1.29 is 19.1 Å². The van der Waals surface area contributed by atoms with E-state index in [2.05, 4.69) is 6.08 Å². The van der Waals surface area contributed by atoms with Gasteiger partial charge >= 0.3 is 0 Å². The molecule has 1 fully saturated rings. The SMILES string of the molecule is COc1ccc(CCN2C(=O)[C@H]3CC=C(C)C[C@H]3C2=O)cc1OC. The maximum absolute atomic E-state index is 12.6. The van der Waals surface area contributed by atoms with Gasteiger partial charge in [-0.2, -0.15) is 0 Å². The lowest BCUT2D eigenvalue weighted by molar-refractivity contribution is -0.139. The van der Waals surface area contributed by atoms with Gasteiger partial charge in [-0.15, -0.1) is 0 Å². The number of benzene rings is 1. The van der Waals surface area contributed by atoms with Crippen molar-refractivity contribution in [1.29, 1.82) is 0 Å². The molecule has 1 saturated heterocycles. The molecule has 5 nitrogen and oxygen atoms in total. The first kappa shape index (κ1) is 16.6. The molecule has 2 atom stereocenters. The quantitative estimate of drug-likeness (QED) is 0.615. The standard InChI is InChI=1S/C19H23NO4/c1-12-4-6-14-15(10-12)19(22)20(18(14)21)9-8-13-5-7-16(23-2)17(11-13)24-3/h4-5,7,11,14-15H,6,8-10H2,1-3H3/t14-,15+/m0/s1. The summed E-state index contributed by atoms with van der Waals surface area (Å²) in [7, 11) is 3.19. The van der Waals surface area contributed by atoms with Gasteiger partial charge in [-0.25, -0.2) is 0 Å². The molecule has 128 valence electrons. The van der Waals surface area contributed by atoms with E-state index in [-0.39, 0.29) is 23.7 Å². The van der Waals surface area contributed by atoms with Crippen molar-refractivity contribution in [2.24, 2.45) is 11.8 Å². The Kier molecular flexibility index (Phi) is 4.60. The van der Waals surface area contributed by atoms with E-state index in [1.807, 2.05) is 25.1 Å². The lowest BCUT2D eigenvalue weighted by atomic mass is 9.82. The van der Waals surface area contributed by atoms with Crippen LogP contribution in [0.5, 0.6) is 11.5 Å². The molecule has 0 radical (unpaired) electrons. The molecule has 0 aromatic heterocycles. The maximum Gasteiger partial charge on any atom is 0.233 e. The van der Waals surface area contributed by atoms with E-state index in [1.165, 1.54) is 10.5 Å². The van der Waals surface area contributed by atoms with Gasteiger partial charge in [-0.3, -0.25) is 14.5 Å². The molecule has 1 aromatic rings. The number of hydrogen-bond donors (Lipinski definition) is 0. The van der Waals surface area contributed by atoms with E-state index in [4.69, 9.17) is 9.47 Å². The summed E-state index contributed by atoms with van der Waals surface area (Å²) in [4.78, 5) is 26.5. The summed E-state index contributed by atoms with van der Waals surface area (Å²) in [6.07, 6.45) is 4.10. The smallest absolute Gasteiger partial charge is 0.233 e. The summed E-state index contributed by atoms with van der Waals surface area (Å²) in [6, 6.07) is 5.67. The van der Waals surface area contributed by atoms with Crippen LogP contribution in [0.25, 0.3) is 0 Å². The number of methoxy groups -OCH3 is 2. The molecule has 1 aliphatic heterocycles. The highest BCUT2D eigenvalue weighted by Gasteiger charge is 2.47. The van der Waals surface area contributed by atoms with Gasteiger partial charge in [0.25, 0.3) is 0 Å². The number of carbonyl (C=O) groups excluding carboxylic acids is 2. The van der Waals surface area contributed by atoms with Crippen LogP contribution in [0.2, 0.25) is 0 Å². The average molecular weight is 329 g/mol. The molecule has 2 aliphatic rings. The third-order valence-electron chi connectivity index (χ3n) is 4.99. The van der Waals surface area contributed by atoms with Gasteiger partial charge in [0.2, 0.25) is 11.8 Å². The molecule has 1 aromatic carbocycles. The Morgan fingerprint density at radius 1 is 1.08 bits per heavy atom. The van der Waals surface area contributed by atoms with Gasteiger partial charge in [0.05, 0.1) is 26.1 Å². The van der Waals surface area contributed by atoms with E-state index in [0.29, 0.717) is 37.3 Å². The molecule has 0 bridgehead atoms. The van der Waals surface area contributed by atoms with Crippen molar-refractivity contribution in [3.63, 3.8) is 0 Å². The Morgan fingerprint density at radius 3 is 2.50 bits per heavy atom. The Balaban J connectivity index is 1.69. The first-order chi connectivity index (χ1) is 11.5. The van der Waals surface area contributed by atoms with E-state index >= 15 is 0 Å². The average Bonchev–Trinajstić information content (AvgIpc) is 2.83. The molecule has 2 amide bonds. The Hall–Kier alpha value is -2.30. The van der Waals surface area contributed by atoms with E-state index < -0.39 is 0 Å². The van der Waals surface area contributed by atoms with Gasteiger partial charge in [-0.05, 0) is 43.9 Å². The van der Waals surface area contributed by atoms with E-state index in [1.54, 1.807) is 14.2 Å². The van der Waals surface area contributed by atoms with Gasteiger partial charge in [-0.1, -0.05) is 17.7 Å². The van der Waals surface area contributed by atoms with E-state index in [9.17, 15) is 9.59 Å². The number of fused-ring (bicyclic) bond motifs is 1. The van der Waals surface area contributed by atoms with Crippen molar-refractivity contribution in [3.8, 4) is 11.5 Å². The lowest BCUT2D eigenvalue weighted by Crippen LogP contribution is -2.33. The van der Waals surface area contributed by atoms with Crippen LogP contribution in [0.1, 0.15) is 25.3 Å². The van der Waals surface area contributed by atoms with Crippen LogP contribution in [0.3, 0.4) is 0 Å². The lowest BCUT2D eigenvalue weighted by Gasteiger charge is -2.19. The highest BCUT2D eigenvalue weighted by molar-refractivity contribution is 6.05. The monoisotopic (exact) mass is 329 g/mol. The molecule has 5 heteroatoms. The largest absolute Gasteiger partial charge is 0.493 e. The van der Waals surface area contributed by atoms with Crippen molar-refractivity contribution in [1.82, 2.24) is 4.90 Å². The first-order valence-electron chi connectivity index (χ1n) is 8.27. The normalized spacial score (nSPS) is 23.1. The Bertz CT molecular complexity index is 695. The minimum absolute atomic E-state index is 0.0158. The Labute approximate surface area is 142 Å². The second-order valence-electron chi connectivity index (χ2n) is 6.47. The predicted molar refractivity (Wildman–Crippen MR) is 89.9 cm³/mol. The predicted octanol–water partition coefficient (Wildman–Crippen LogP) is 2.59. The molecule has 0 saturated carbocycles. The zero-order chi connectivity index (χ0) is 17.3. The molecule has 24 heavy (non-hydrogen) atoms. The fourth-order valence-electron chi connectivity index (χ4n) is 3.60. The number of ether oxygens (including phenoxy) is 2. The van der Waals surface area contributed by atoms with Crippen LogP contribution in [0, 0.1) is 11.8 Å². The van der Waals surface area contributed by atoms with Crippen molar-refractivity contribution in [2.45, 2.75) is 26.2 Å². The molecular weight excluding hydrogens is 306 g/mol. The molecule has 0 spiro atoms. The highest BCUT2D eigenvalue weighted by atomic mass is 16.5. The van der Waals surface area contributed by atoms with Crippen molar-refractivity contribution >= 4 is 11.8 Å². The van der Waals surface area contributed by atoms with Crippen LogP contribution in [0.4, 0.5) is 0 Å². The van der Waals surface area contributed by atoms with E-state index in [0.717, 1.165) is 5.56 Å². The fourth-order valence-corrected chi connectivity index (χ4v) is 3.60. The minimum Gasteiger partial charge on any atom is -0.493 e. The number of amides is 2. The van der Waals surface area contributed by atoms with Crippen molar-refractivity contribution in [3.05, 3.63) is 35.4 Å². The third kappa shape index (κ3) is 2.90. The third-order valence-corrected chi connectivity index (χ3v) is 4.99. The molecular formula is C19H23NO4. The Morgan fingerprint density at radius 2 is 1.79 bits per heavy atom. The summed E-state index contributed by atoms with van der Waals surface area (Å²) >= 11 is 0. The summed E-state index contributed by atoms with van der Waals surface area (Å²) < 4.78 is 10.5. The second-order valence-corrected chi connectivity index (χ2v) is 6.47. The first-order valence-corrected chi connectivity index (χ1v) is 8.27. The van der Waals surface area contributed by atoms with Crippen LogP contribution in [-0.2, 0) is 16.0 Å². The van der Waals surface area contributed by atoms with Crippen LogP contribution < -0.4 is 9.47 Å². The number of rotatable bonds is 5. The van der Waals surface area contributed by atoms with Crippen LogP contribution >= 0.6 is 0 Å². The molecule has 1 aliphatic carbocycles. The van der Waals surface area contributed by atoms with Gasteiger partial charge in [0, 0.05) is 6.54 Å². The number of hydrogen-bond acceptors (Lipinski definition) is 4. The topological polar surface area (TPSA) is 55.8 Å². The molecule has 0 unspecified atom stereocenters. The molecule has 3 rings (SSSR count). The number of likely N-dealkylation sites (tertiary alicyclic amines) is 1. The van der Waals surface area contributed by atoms with Gasteiger partial charge in [0.1, 0.15) is 0 Å². The number of allylic oxidation sites excluding steroid dienone is 2. The van der Waals surface area contributed by atoms with Gasteiger partial charge < -0.3 is 9.47 Å². The minimum atomic E-state index is -0.161. The summed E-state index contributed by atoms with van der Waals surface area (Å²) in [6.45, 7) is 2.44. The summed E-state index contributed by atoms with van der Waals surface area (Å²) in [5.74, 6) is 0.969. The maximum atomic E-state index is 12.6. The molecule has 1 heterocycles. The number of carbonyl (C=O) groups is 2. The zero-order valence-electron chi connectivity index (χ0n) is 14.4. The van der Waals surface area contributed by atoms with Crippen molar-refractivity contribution in [2.75, 3.05) is 20.8 Å². The van der Waals surface area contributed by atoms with Crippen LogP contribution in [-0.4, -0.2) is 37.5 Å². The number of nitrogens with zero attached hydrogens (tertiary/aromatic N) is 1. The van der Waals surface area contributed by atoms with Gasteiger partial charge in [0.15, 0.2) is 11.5 Å². The second kappa shape index (κ2) is 6.67. The fraction of sp³-hybridized carbons (Fsp3) is 0.474. The number of imide groups is 1. The highest BCUT2D eigenvalue weighted by Crippen LogP contribution is 2.37. The summed E-state index contributed by atoms with van der Waals surface area (Å²) in [5.41, 5.74) is 2.22.